The van der Waals surface area contributed by atoms with Crippen molar-refractivity contribution in [2.24, 2.45) is 0 Å². The number of nitrogens with zero attached hydrogens (tertiary/aromatic N) is 2. The summed E-state index contributed by atoms with van der Waals surface area (Å²) >= 11 is 0. The molecule has 2 N–H and O–H groups in total. The lowest BCUT2D eigenvalue weighted by molar-refractivity contribution is -0.138. The van der Waals surface area contributed by atoms with E-state index in [1.807, 2.05) is 0 Å². The third kappa shape index (κ3) is 3.59. The van der Waals surface area contributed by atoms with E-state index < -0.39 is 34.5 Å². The summed E-state index contributed by atoms with van der Waals surface area (Å²) in [4.78, 5) is 28.8. The van der Waals surface area contributed by atoms with Crippen LogP contribution in [0, 0.1) is 0 Å². The summed E-state index contributed by atoms with van der Waals surface area (Å²) in [7, 11) is -1.70. The van der Waals surface area contributed by atoms with Gasteiger partial charge in [-0.05, 0) is 36.4 Å². The quantitative estimate of drug-likeness (QED) is 0.663. The number of alkyl halides is 3. The van der Waals surface area contributed by atoms with E-state index in [-0.39, 0.29) is 29.1 Å². The van der Waals surface area contributed by atoms with E-state index in [2.05, 4.69) is 15.6 Å². The van der Waals surface area contributed by atoms with E-state index in [0.29, 0.717) is 4.90 Å². The van der Waals surface area contributed by atoms with Crippen molar-refractivity contribution in [1.82, 2.24) is 14.3 Å². The number of carbonyl (C=O) groups excluding carboxylic acids is 2. The molecule has 2 amide bonds. The Kier molecular flexibility index (Phi) is 4.90. The fourth-order valence-electron chi connectivity index (χ4n) is 3.02. The van der Waals surface area contributed by atoms with Gasteiger partial charge in [0.15, 0.2) is 11.0 Å². The first kappa shape index (κ1) is 19.8. The van der Waals surface area contributed by atoms with Crippen LogP contribution >= 0.6 is 0 Å². The summed E-state index contributed by atoms with van der Waals surface area (Å²) in [6.07, 6.45) is -0.998. The molecule has 0 spiro atoms. The fraction of sp³-hybridized carbons (Fsp3) is 0.105. The molecule has 3 aromatic rings. The van der Waals surface area contributed by atoms with Crippen molar-refractivity contribution in [3.8, 4) is 0 Å². The molecule has 0 fully saturated rings. The number of carbonyl (C=O) groups is 2. The van der Waals surface area contributed by atoms with Crippen molar-refractivity contribution in [3.63, 3.8) is 0 Å². The number of hydrogen-bond donors (Lipinski definition) is 2. The minimum atomic E-state index is -4.57. The molecule has 0 radical (unpaired) electrons. The predicted octanol–water partition coefficient (Wildman–Crippen LogP) is 2.97. The van der Waals surface area contributed by atoms with E-state index in [1.165, 1.54) is 34.4 Å². The molecule has 11 heteroatoms. The second-order valence-corrected chi connectivity index (χ2v) is 7.68. The van der Waals surface area contributed by atoms with Crippen LogP contribution in [0.1, 0.15) is 32.0 Å². The molecule has 0 aliphatic carbocycles. The van der Waals surface area contributed by atoms with Gasteiger partial charge in [-0.2, -0.15) is 13.2 Å². The standard InChI is InChI=1S/C19H13F3N4O3S/c20-19(21,22)13-5-6-23-9-12(13)10-24-17(27)11-3-4-16-14(8-11)25-18(28)15-2-1-7-26(15)30(16)29/h1-9H,10H2,(H,24,27)(H,25,28). The highest BCUT2D eigenvalue weighted by molar-refractivity contribution is 7.83. The molecule has 0 saturated heterocycles. The molecule has 0 bridgehead atoms. The van der Waals surface area contributed by atoms with Gasteiger partial charge in [0, 0.05) is 36.3 Å². The Morgan fingerprint density at radius 1 is 1.23 bits per heavy atom. The van der Waals surface area contributed by atoms with Crippen molar-refractivity contribution in [2.75, 3.05) is 5.32 Å². The minimum Gasteiger partial charge on any atom is -0.348 e. The van der Waals surface area contributed by atoms with E-state index in [0.717, 1.165) is 18.5 Å². The van der Waals surface area contributed by atoms with Crippen molar-refractivity contribution < 1.29 is 27.0 Å². The molecule has 1 unspecified atom stereocenters. The number of fused-ring (bicyclic) bond motifs is 2. The molecular weight excluding hydrogens is 421 g/mol. The fourth-order valence-corrected chi connectivity index (χ4v) is 4.22. The maximum atomic E-state index is 13.1. The first-order chi connectivity index (χ1) is 14.3. The highest BCUT2D eigenvalue weighted by atomic mass is 32.2. The van der Waals surface area contributed by atoms with Crippen LogP contribution in [-0.2, 0) is 23.7 Å². The van der Waals surface area contributed by atoms with Crippen molar-refractivity contribution in [1.29, 1.82) is 0 Å². The van der Waals surface area contributed by atoms with E-state index in [4.69, 9.17) is 0 Å². The van der Waals surface area contributed by atoms with Crippen LogP contribution in [0.25, 0.3) is 0 Å². The summed E-state index contributed by atoms with van der Waals surface area (Å²) in [6.45, 7) is -0.387. The lowest BCUT2D eigenvalue weighted by Crippen LogP contribution is -2.25. The third-order valence-electron chi connectivity index (χ3n) is 4.45. The third-order valence-corrected chi connectivity index (χ3v) is 5.86. The van der Waals surface area contributed by atoms with Crippen LogP contribution in [0.5, 0.6) is 0 Å². The van der Waals surface area contributed by atoms with Gasteiger partial charge in [-0.25, -0.2) is 4.21 Å². The zero-order valence-electron chi connectivity index (χ0n) is 15.1. The van der Waals surface area contributed by atoms with Crippen LogP contribution in [0.2, 0.25) is 0 Å². The van der Waals surface area contributed by atoms with Crippen molar-refractivity contribution in [3.05, 3.63) is 77.4 Å². The Bertz CT molecular complexity index is 1190. The molecule has 0 saturated carbocycles. The molecule has 7 nitrogen and oxygen atoms in total. The molecular formula is C19H13F3N4O3S. The van der Waals surface area contributed by atoms with Gasteiger partial charge in [-0.1, -0.05) is 0 Å². The van der Waals surface area contributed by atoms with Crippen molar-refractivity contribution >= 4 is 28.5 Å². The minimum absolute atomic E-state index is 0.0927. The van der Waals surface area contributed by atoms with E-state index in [1.54, 1.807) is 6.07 Å². The number of amides is 2. The van der Waals surface area contributed by atoms with E-state index >= 15 is 0 Å². The van der Waals surface area contributed by atoms with Gasteiger partial charge in [-0.15, -0.1) is 0 Å². The van der Waals surface area contributed by atoms with Gasteiger partial charge >= 0.3 is 6.18 Å². The maximum absolute atomic E-state index is 13.1. The topological polar surface area (TPSA) is 93.1 Å². The van der Waals surface area contributed by atoms with Crippen molar-refractivity contribution in [2.45, 2.75) is 17.6 Å². The van der Waals surface area contributed by atoms with Crippen LogP contribution in [0.3, 0.4) is 0 Å². The van der Waals surface area contributed by atoms with Crippen LogP contribution in [0.15, 0.2) is 59.9 Å². The SMILES string of the molecule is O=C(NCc1cnccc1C(F)(F)F)c1ccc2c(c1)NC(=O)c1cccn1S2=O. The normalized spacial score (nSPS) is 15.6. The largest absolute Gasteiger partial charge is 0.416 e. The van der Waals surface area contributed by atoms with Gasteiger partial charge in [0.2, 0.25) is 0 Å². The molecule has 1 aliphatic rings. The number of rotatable bonds is 3. The Labute approximate surface area is 170 Å². The summed E-state index contributed by atoms with van der Waals surface area (Å²) in [6, 6.07) is 8.10. The lowest BCUT2D eigenvalue weighted by atomic mass is 10.1. The van der Waals surface area contributed by atoms with Gasteiger partial charge in [0.1, 0.15) is 5.69 Å². The van der Waals surface area contributed by atoms with E-state index in [9.17, 15) is 27.0 Å². The molecule has 1 aromatic carbocycles. The Balaban J connectivity index is 1.57. The second-order valence-electron chi connectivity index (χ2n) is 6.35. The Hall–Kier alpha value is -3.47. The second kappa shape index (κ2) is 7.41. The highest BCUT2D eigenvalue weighted by Crippen LogP contribution is 2.31. The number of nitrogens with one attached hydrogen (secondary N) is 2. The monoisotopic (exact) mass is 434 g/mol. The van der Waals surface area contributed by atoms with Crippen LogP contribution < -0.4 is 10.6 Å². The van der Waals surface area contributed by atoms with Gasteiger partial charge < -0.3 is 10.6 Å². The maximum Gasteiger partial charge on any atom is 0.416 e. The summed E-state index contributed by atoms with van der Waals surface area (Å²) < 4.78 is 53.2. The average molecular weight is 434 g/mol. The Morgan fingerprint density at radius 2 is 2.03 bits per heavy atom. The predicted molar refractivity (Wildman–Crippen MR) is 101 cm³/mol. The van der Waals surface area contributed by atoms with Gasteiger partial charge in [0.05, 0.1) is 16.1 Å². The number of anilines is 1. The zero-order chi connectivity index (χ0) is 21.5. The molecule has 2 aromatic heterocycles. The molecule has 154 valence electrons. The molecule has 1 atom stereocenters. The van der Waals surface area contributed by atoms with Crippen LogP contribution in [-0.4, -0.2) is 25.0 Å². The Morgan fingerprint density at radius 3 is 2.80 bits per heavy atom. The molecule has 30 heavy (non-hydrogen) atoms. The number of benzene rings is 1. The number of hydrogen-bond acceptors (Lipinski definition) is 4. The van der Waals surface area contributed by atoms with Crippen LogP contribution in [0.4, 0.5) is 18.9 Å². The zero-order valence-corrected chi connectivity index (χ0v) is 15.9. The first-order valence-electron chi connectivity index (χ1n) is 8.59. The lowest BCUT2D eigenvalue weighted by Gasteiger charge is -2.13. The smallest absolute Gasteiger partial charge is 0.348 e. The molecule has 4 rings (SSSR count). The number of aromatic nitrogens is 2. The summed E-state index contributed by atoms with van der Waals surface area (Å²) in [5, 5.41) is 5.01. The van der Waals surface area contributed by atoms with Gasteiger partial charge in [0.25, 0.3) is 11.8 Å². The van der Waals surface area contributed by atoms with Gasteiger partial charge in [-0.3, -0.25) is 18.5 Å². The summed E-state index contributed by atoms with van der Waals surface area (Å²) in [5.41, 5.74) is -0.583. The molecule has 3 heterocycles. The number of pyridine rings is 1. The summed E-state index contributed by atoms with van der Waals surface area (Å²) in [5.74, 6) is -1.14. The average Bonchev–Trinajstić information content (AvgIpc) is 3.18. The molecule has 1 aliphatic heterocycles. The first-order valence-corrected chi connectivity index (χ1v) is 9.69. The number of halogens is 3. The highest BCUT2D eigenvalue weighted by Gasteiger charge is 2.33.